The zero-order valence-electron chi connectivity index (χ0n) is 27.1. The molecule has 0 unspecified atom stereocenters. The van der Waals surface area contributed by atoms with E-state index in [0.29, 0.717) is 12.0 Å². The van der Waals surface area contributed by atoms with E-state index in [0.717, 1.165) is 5.56 Å². The van der Waals surface area contributed by atoms with Crippen LogP contribution in [0.25, 0.3) is 0 Å². The Morgan fingerprint density at radius 1 is 1.07 bits per heavy atom. The Balaban J connectivity index is 1.88. The number of alkyl carbamates (subject to hydrolysis) is 1. The zero-order chi connectivity index (χ0) is 33.9. The predicted octanol–water partition coefficient (Wildman–Crippen LogP) is 4.02. The van der Waals surface area contributed by atoms with Crippen LogP contribution in [0.1, 0.15) is 65.0 Å². The first-order valence-corrected chi connectivity index (χ1v) is 15.4. The first-order chi connectivity index (χ1) is 21.8. The number of pyridine rings is 1. The fourth-order valence-corrected chi connectivity index (χ4v) is 4.83. The Hall–Kier alpha value is -4.74. The molecule has 1 aromatic heterocycles. The van der Waals surface area contributed by atoms with Gasteiger partial charge in [0.15, 0.2) is 0 Å². The van der Waals surface area contributed by atoms with E-state index >= 15 is 0 Å². The molecular weight excluding hydrogens is 592 g/mol. The molecule has 1 aliphatic heterocycles. The first-order valence-electron chi connectivity index (χ1n) is 15.4. The summed E-state index contributed by atoms with van der Waals surface area (Å²) in [5.74, 6) is -2.64. The monoisotopic (exact) mass is 636 g/mol. The van der Waals surface area contributed by atoms with Crippen molar-refractivity contribution in [3.05, 3.63) is 72.4 Å². The number of carbonyl (C=O) groups is 5. The van der Waals surface area contributed by atoms with Crippen molar-refractivity contribution in [2.45, 2.75) is 90.6 Å². The van der Waals surface area contributed by atoms with E-state index in [4.69, 9.17) is 14.2 Å². The van der Waals surface area contributed by atoms with Gasteiger partial charge < -0.3 is 24.8 Å². The van der Waals surface area contributed by atoms with Crippen LogP contribution >= 0.6 is 0 Å². The Morgan fingerprint density at radius 2 is 1.78 bits per heavy atom. The topological polar surface area (TPSA) is 153 Å². The second kappa shape index (κ2) is 16.5. The maximum Gasteiger partial charge on any atom is 0.408 e. The minimum absolute atomic E-state index is 0.0428. The van der Waals surface area contributed by atoms with Crippen LogP contribution in [0.15, 0.2) is 61.3 Å². The van der Waals surface area contributed by atoms with Crippen molar-refractivity contribution >= 4 is 35.7 Å². The Labute approximate surface area is 269 Å². The molecule has 0 aliphatic carbocycles. The molecule has 46 heavy (non-hydrogen) atoms. The number of carbonyl (C=O) groups excluding carboxylic acids is 5. The van der Waals surface area contributed by atoms with E-state index in [9.17, 15) is 24.0 Å². The summed E-state index contributed by atoms with van der Waals surface area (Å²) in [5.41, 5.74) is 0.639. The number of nitrogens with zero attached hydrogens (tertiary/aromatic N) is 2. The van der Waals surface area contributed by atoms with Crippen molar-refractivity contribution in [2.24, 2.45) is 5.92 Å². The molecule has 248 valence electrons. The molecule has 0 saturated heterocycles. The lowest BCUT2D eigenvalue weighted by Gasteiger charge is -2.30. The number of rotatable bonds is 14. The summed E-state index contributed by atoms with van der Waals surface area (Å²) in [6, 6.07) is 9.18. The summed E-state index contributed by atoms with van der Waals surface area (Å²) in [7, 11) is 0. The third-order valence-electron chi connectivity index (χ3n) is 7.34. The maximum absolute atomic E-state index is 14.3. The molecule has 2 N–H and O–H groups in total. The van der Waals surface area contributed by atoms with E-state index in [1.807, 2.05) is 37.3 Å². The lowest BCUT2D eigenvalue weighted by atomic mass is 9.97. The molecule has 0 saturated carbocycles. The number of nitrogens with one attached hydrogen (secondary N) is 2. The normalized spacial score (nSPS) is 15.8. The molecule has 0 fully saturated rings. The van der Waals surface area contributed by atoms with Crippen LogP contribution in [0.5, 0.6) is 0 Å². The first kappa shape index (κ1) is 35.7. The molecule has 1 aromatic carbocycles. The maximum atomic E-state index is 14.3. The van der Waals surface area contributed by atoms with E-state index in [1.165, 1.54) is 17.2 Å². The second-order valence-corrected chi connectivity index (χ2v) is 12.1. The van der Waals surface area contributed by atoms with Crippen molar-refractivity contribution in [2.75, 3.05) is 11.5 Å². The highest BCUT2D eigenvalue weighted by Crippen LogP contribution is 2.31. The molecule has 1 aliphatic rings. The summed E-state index contributed by atoms with van der Waals surface area (Å²) in [4.78, 5) is 72.1. The predicted molar refractivity (Wildman–Crippen MR) is 170 cm³/mol. The van der Waals surface area contributed by atoms with Gasteiger partial charge >= 0.3 is 18.0 Å². The molecule has 4 atom stereocenters. The summed E-state index contributed by atoms with van der Waals surface area (Å²) < 4.78 is 16.1. The number of esters is 2. The fourth-order valence-electron chi connectivity index (χ4n) is 4.83. The van der Waals surface area contributed by atoms with Crippen LogP contribution < -0.4 is 15.5 Å². The van der Waals surface area contributed by atoms with Crippen LogP contribution in [0.3, 0.4) is 0 Å². The smallest absolute Gasteiger partial charge is 0.408 e. The molecule has 3 rings (SSSR count). The van der Waals surface area contributed by atoms with Crippen molar-refractivity contribution in [1.82, 2.24) is 15.6 Å². The van der Waals surface area contributed by atoms with Crippen molar-refractivity contribution in [1.29, 1.82) is 0 Å². The van der Waals surface area contributed by atoms with Gasteiger partial charge in [0.05, 0.1) is 0 Å². The van der Waals surface area contributed by atoms with Crippen molar-refractivity contribution < 1.29 is 38.2 Å². The summed E-state index contributed by atoms with van der Waals surface area (Å²) in [6.07, 6.45) is 2.44. The van der Waals surface area contributed by atoms with Crippen molar-refractivity contribution in [3.8, 4) is 0 Å². The summed E-state index contributed by atoms with van der Waals surface area (Å²) in [5, 5.41) is 5.36. The van der Waals surface area contributed by atoms with Gasteiger partial charge in [-0.05, 0) is 50.3 Å². The van der Waals surface area contributed by atoms with Crippen LogP contribution in [0, 0.1) is 5.92 Å². The number of aromatic nitrogens is 1. The van der Waals surface area contributed by atoms with E-state index in [-0.39, 0.29) is 44.2 Å². The van der Waals surface area contributed by atoms with Gasteiger partial charge in [0.2, 0.25) is 5.91 Å². The molecule has 2 aromatic rings. The molecule has 3 amide bonds. The number of hydrogen-bond donors (Lipinski definition) is 2. The minimum Gasteiger partial charge on any atom is -0.461 e. The van der Waals surface area contributed by atoms with E-state index in [1.54, 1.807) is 39.8 Å². The average molecular weight is 637 g/mol. The average Bonchev–Trinajstić information content (AvgIpc) is 3.42. The Morgan fingerprint density at radius 3 is 2.43 bits per heavy atom. The van der Waals surface area contributed by atoms with Crippen molar-refractivity contribution in [3.63, 3.8) is 0 Å². The highest BCUT2D eigenvalue weighted by Gasteiger charge is 2.43. The third kappa shape index (κ3) is 10.1. The largest absolute Gasteiger partial charge is 0.461 e. The van der Waals surface area contributed by atoms with Gasteiger partial charge in [-0.1, -0.05) is 69.3 Å². The number of amides is 3. The summed E-state index contributed by atoms with van der Waals surface area (Å²) >= 11 is 0. The van der Waals surface area contributed by atoms with Crippen LogP contribution in [-0.2, 0) is 46.4 Å². The SMILES string of the molecule is C=CCOC(=O)[C@@H]1Cc2cccnc2N1C(=O)[C@H](CCC(=O)OCc1ccccc1)NC(=O)[C@@H](NC(=O)OC(C)(C)C)[C@@H](C)CC. The molecule has 0 bridgehead atoms. The fraction of sp³-hybridized carbons (Fsp3) is 0.471. The van der Waals surface area contributed by atoms with Gasteiger partial charge in [-0.3, -0.25) is 19.3 Å². The van der Waals surface area contributed by atoms with E-state index < -0.39 is 53.6 Å². The third-order valence-corrected chi connectivity index (χ3v) is 7.34. The standard InChI is InChI=1S/C34H44N4O8/c1-7-19-44-32(42)26-20-24-15-12-18-35-29(24)38(26)31(41)25(16-17-27(39)45-21-23-13-10-9-11-14-23)36-30(40)28(22(3)8-2)37-33(43)46-34(4,5)6/h7,9-15,18,22,25-26,28H,1,8,16-17,19-21H2,2-6H3,(H,36,40)(H,37,43)/t22-,25-,26-,28-/m0/s1. The van der Waals surface area contributed by atoms with Gasteiger partial charge in [0, 0.05) is 19.0 Å². The minimum atomic E-state index is -1.29. The molecule has 12 nitrogen and oxygen atoms in total. The lowest BCUT2D eigenvalue weighted by molar-refractivity contribution is -0.146. The second-order valence-electron chi connectivity index (χ2n) is 12.1. The number of ether oxygens (including phenoxy) is 3. The van der Waals surface area contributed by atoms with Crippen LogP contribution in [-0.4, -0.2) is 65.2 Å². The van der Waals surface area contributed by atoms with Gasteiger partial charge in [-0.25, -0.2) is 14.6 Å². The number of hydrogen-bond acceptors (Lipinski definition) is 9. The highest BCUT2D eigenvalue weighted by molar-refractivity contribution is 6.05. The van der Waals surface area contributed by atoms with Crippen LogP contribution in [0.2, 0.25) is 0 Å². The quantitative estimate of drug-likeness (QED) is 0.178. The van der Waals surface area contributed by atoms with Gasteiger partial charge in [-0.15, -0.1) is 0 Å². The van der Waals surface area contributed by atoms with Gasteiger partial charge in [0.1, 0.15) is 42.8 Å². The molecular formula is C34H44N4O8. The lowest BCUT2D eigenvalue weighted by Crippen LogP contribution is -2.58. The molecule has 0 spiro atoms. The van der Waals surface area contributed by atoms with E-state index in [2.05, 4.69) is 22.2 Å². The summed E-state index contributed by atoms with van der Waals surface area (Å²) in [6.45, 7) is 12.3. The number of benzene rings is 1. The number of fused-ring (bicyclic) bond motifs is 1. The van der Waals surface area contributed by atoms with Gasteiger partial charge in [0.25, 0.3) is 5.91 Å². The van der Waals surface area contributed by atoms with Gasteiger partial charge in [-0.2, -0.15) is 0 Å². The zero-order valence-corrected chi connectivity index (χ0v) is 27.1. The van der Waals surface area contributed by atoms with Crippen LogP contribution in [0.4, 0.5) is 10.6 Å². The molecule has 0 radical (unpaired) electrons. The Kier molecular flexibility index (Phi) is 12.8. The molecule has 2 heterocycles. The highest BCUT2D eigenvalue weighted by atomic mass is 16.6. The Bertz CT molecular complexity index is 1390. The number of anilines is 1. The molecule has 12 heteroatoms.